The third kappa shape index (κ3) is 4.38. The number of hydrogen-bond donors (Lipinski definition) is 1. The first kappa shape index (κ1) is 13.4. The number of amides is 1. The summed E-state index contributed by atoms with van der Waals surface area (Å²) in [7, 11) is 0. The van der Waals surface area contributed by atoms with Crippen LogP contribution in [0.4, 0.5) is 5.95 Å². The summed E-state index contributed by atoms with van der Waals surface area (Å²) in [6.45, 7) is 7.97. The third-order valence-corrected chi connectivity index (χ3v) is 2.53. The number of nitrogens with zero attached hydrogens (tertiary/aromatic N) is 3. The molecule has 0 saturated carbocycles. The lowest BCUT2D eigenvalue weighted by Crippen LogP contribution is -2.31. The van der Waals surface area contributed by atoms with Gasteiger partial charge >= 0.3 is 0 Å². The second-order valence-electron chi connectivity index (χ2n) is 3.76. The van der Waals surface area contributed by atoms with E-state index in [-0.39, 0.29) is 5.91 Å². The highest BCUT2D eigenvalue weighted by molar-refractivity contribution is 5.76. The molecule has 0 spiro atoms. The zero-order chi connectivity index (χ0) is 12.7. The van der Waals surface area contributed by atoms with Gasteiger partial charge < -0.3 is 10.2 Å². The second-order valence-corrected chi connectivity index (χ2v) is 3.76. The summed E-state index contributed by atoms with van der Waals surface area (Å²) in [5.41, 5.74) is 0.914. The zero-order valence-corrected chi connectivity index (χ0v) is 10.7. The molecule has 0 aliphatic rings. The highest BCUT2D eigenvalue weighted by Crippen LogP contribution is 2.00. The van der Waals surface area contributed by atoms with Crippen molar-refractivity contribution in [3.05, 3.63) is 18.0 Å². The van der Waals surface area contributed by atoms with Crippen LogP contribution in [0.15, 0.2) is 12.3 Å². The highest BCUT2D eigenvalue weighted by Gasteiger charge is 2.08. The van der Waals surface area contributed by atoms with Crippen LogP contribution in [0.2, 0.25) is 0 Å². The van der Waals surface area contributed by atoms with Gasteiger partial charge in [-0.25, -0.2) is 9.97 Å². The van der Waals surface area contributed by atoms with Gasteiger partial charge in [0.05, 0.1) is 0 Å². The molecule has 0 aliphatic heterocycles. The van der Waals surface area contributed by atoms with Crippen LogP contribution >= 0.6 is 0 Å². The van der Waals surface area contributed by atoms with Crippen LogP contribution in [0.5, 0.6) is 0 Å². The molecule has 0 saturated heterocycles. The summed E-state index contributed by atoms with van der Waals surface area (Å²) < 4.78 is 0. The first-order valence-electron chi connectivity index (χ1n) is 5.98. The fourth-order valence-corrected chi connectivity index (χ4v) is 1.55. The maximum Gasteiger partial charge on any atom is 0.224 e. The minimum absolute atomic E-state index is 0.162. The average Bonchev–Trinajstić information content (AvgIpc) is 2.30. The van der Waals surface area contributed by atoms with Gasteiger partial charge in [0.2, 0.25) is 11.9 Å². The SMILES string of the molecule is CCN(CC)C(=O)CCNc1nccc(C)n1. The summed E-state index contributed by atoms with van der Waals surface area (Å²) in [6.07, 6.45) is 2.18. The van der Waals surface area contributed by atoms with Gasteiger partial charge in [0.25, 0.3) is 0 Å². The lowest BCUT2D eigenvalue weighted by atomic mass is 10.3. The van der Waals surface area contributed by atoms with Crippen LogP contribution in [0.3, 0.4) is 0 Å². The second kappa shape index (κ2) is 6.83. The van der Waals surface area contributed by atoms with Crippen molar-refractivity contribution in [1.82, 2.24) is 14.9 Å². The number of carbonyl (C=O) groups is 1. The molecule has 5 nitrogen and oxygen atoms in total. The summed E-state index contributed by atoms with van der Waals surface area (Å²) in [5, 5.41) is 3.05. The molecule has 1 N–H and O–H groups in total. The molecule has 1 amide bonds. The van der Waals surface area contributed by atoms with Crippen LogP contribution in [-0.2, 0) is 4.79 Å². The molecule has 0 bridgehead atoms. The highest BCUT2D eigenvalue weighted by atomic mass is 16.2. The molecule has 0 aliphatic carbocycles. The van der Waals surface area contributed by atoms with Crippen molar-refractivity contribution in [2.24, 2.45) is 0 Å². The summed E-state index contributed by atoms with van der Waals surface area (Å²) in [6, 6.07) is 1.84. The van der Waals surface area contributed by atoms with E-state index in [0.29, 0.717) is 18.9 Å². The van der Waals surface area contributed by atoms with Gasteiger partial charge in [0.1, 0.15) is 0 Å². The molecule has 1 aromatic heterocycles. The fourth-order valence-electron chi connectivity index (χ4n) is 1.55. The number of nitrogens with one attached hydrogen (secondary N) is 1. The maximum absolute atomic E-state index is 11.7. The van der Waals surface area contributed by atoms with Gasteiger partial charge in [-0.2, -0.15) is 0 Å². The van der Waals surface area contributed by atoms with Gasteiger partial charge in [0, 0.05) is 37.9 Å². The average molecular weight is 236 g/mol. The molecule has 5 heteroatoms. The first-order valence-corrected chi connectivity index (χ1v) is 5.98. The Bertz CT molecular complexity index is 363. The minimum Gasteiger partial charge on any atom is -0.354 e. The van der Waals surface area contributed by atoms with Gasteiger partial charge in [0.15, 0.2) is 0 Å². The Kier molecular flexibility index (Phi) is 5.39. The van der Waals surface area contributed by atoms with Crippen LogP contribution in [0, 0.1) is 6.92 Å². The fraction of sp³-hybridized carbons (Fsp3) is 0.583. The molecule has 0 atom stereocenters. The number of anilines is 1. The number of carbonyl (C=O) groups excluding carboxylic acids is 1. The largest absolute Gasteiger partial charge is 0.354 e. The lowest BCUT2D eigenvalue weighted by Gasteiger charge is -2.18. The quantitative estimate of drug-likeness (QED) is 0.812. The van der Waals surface area contributed by atoms with Crippen molar-refractivity contribution < 1.29 is 4.79 Å². The van der Waals surface area contributed by atoms with E-state index in [0.717, 1.165) is 18.8 Å². The van der Waals surface area contributed by atoms with Gasteiger partial charge in [-0.1, -0.05) is 0 Å². The van der Waals surface area contributed by atoms with E-state index >= 15 is 0 Å². The Labute approximate surface area is 102 Å². The van der Waals surface area contributed by atoms with Crippen LogP contribution in [-0.4, -0.2) is 40.4 Å². The Balaban J connectivity index is 2.35. The van der Waals surface area contributed by atoms with E-state index in [1.165, 1.54) is 0 Å². The van der Waals surface area contributed by atoms with Crippen molar-refractivity contribution in [3.63, 3.8) is 0 Å². The van der Waals surface area contributed by atoms with Crippen LogP contribution in [0.25, 0.3) is 0 Å². The van der Waals surface area contributed by atoms with Crippen LogP contribution in [0.1, 0.15) is 26.0 Å². The van der Waals surface area contributed by atoms with E-state index in [2.05, 4.69) is 15.3 Å². The van der Waals surface area contributed by atoms with E-state index in [1.54, 1.807) is 6.20 Å². The van der Waals surface area contributed by atoms with Crippen molar-refractivity contribution in [3.8, 4) is 0 Å². The molecule has 0 unspecified atom stereocenters. The standard InChI is InChI=1S/C12H20N4O/c1-4-16(5-2)11(17)7-9-14-12-13-8-6-10(3)15-12/h6,8H,4-5,7,9H2,1-3H3,(H,13,14,15). The monoisotopic (exact) mass is 236 g/mol. The molecule has 0 fully saturated rings. The minimum atomic E-state index is 0.162. The molecular weight excluding hydrogens is 216 g/mol. The predicted molar refractivity (Wildman–Crippen MR) is 67.8 cm³/mol. The van der Waals surface area contributed by atoms with Crippen LogP contribution < -0.4 is 5.32 Å². The van der Waals surface area contributed by atoms with Crippen molar-refractivity contribution in [2.75, 3.05) is 25.0 Å². The Morgan fingerprint density at radius 2 is 2.12 bits per heavy atom. The van der Waals surface area contributed by atoms with Gasteiger partial charge in [-0.15, -0.1) is 0 Å². The van der Waals surface area contributed by atoms with Gasteiger partial charge in [-0.05, 0) is 26.8 Å². The van der Waals surface area contributed by atoms with E-state index in [4.69, 9.17) is 0 Å². The van der Waals surface area contributed by atoms with E-state index in [9.17, 15) is 4.79 Å². The number of aryl methyl sites for hydroxylation is 1. The van der Waals surface area contributed by atoms with E-state index < -0.39 is 0 Å². The Hall–Kier alpha value is -1.65. The number of hydrogen-bond acceptors (Lipinski definition) is 4. The molecule has 94 valence electrons. The Morgan fingerprint density at radius 1 is 1.41 bits per heavy atom. The zero-order valence-electron chi connectivity index (χ0n) is 10.7. The molecule has 1 aromatic rings. The third-order valence-electron chi connectivity index (χ3n) is 2.53. The first-order chi connectivity index (χ1) is 8.17. The predicted octanol–water partition coefficient (Wildman–Crippen LogP) is 1.46. The van der Waals surface area contributed by atoms with Crippen molar-refractivity contribution >= 4 is 11.9 Å². The summed E-state index contributed by atoms with van der Waals surface area (Å²) in [5.74, 6) is 0.743. The molecular formula is C12H20N4O. The molecule has 1 heterocycles. The molecule has 0 radical (unpaired) electrons. The molecule has 0 aromatic carbocycles. The van der Waals surface area contributed by atoms with Crippen molar-refractivity contribution in [1.29, 1.82) is 0 Å². The van der Waals surface area contributed by atoms with E-state index in [1.807, 2.05) is 31.7 Å². The van der Waals surface area contributed by atoms with Crippen molar-refractivity contribution in [2.45, 2.75) is 27.2 Å². The normalized spacial score (nSPS) is 10.1. The lowest BCUT2D eigenvalue weighted by molar-refractivity contribution is -0.130. The number of aromatic nitrogens is 2. The molecule has 17 heavy (non-hydrogen) atoms. The topological polar surface area (TPSA) is 58.1 Å². The maximum atomic E-state index is 11.7. The van der Waals surface area contributed by atoms with Gasteiger partial charge in [-0.3, -0.25) is 4.79 Å². The molecule has 1 rings (SSSR count). The summed E-state index contributed by atoms with van der Waals surface area (Å²) >= 11 is 0. The smallest absolute Gasteiger partial charge is 0.224 e. The Morgan fingerprint density at radius 3 is 2.71 bits per heavy atom. The number of rotatable bonds is 6. The summed E-state index contributed by atoms with van der Waals surface area (Å²) in [4.78, 5) is 21.8.